The lowest BCUT2D eigenvalue weighted by Crippen LogP contribution is -1.91. The van der Waals surface area contributed by atoms with Crippen LogP contribution in [-0.2, 0) is 24.4 Å². The first-order chi connectivity index (χ1) is 11.2. The van der Waals surface area contributed by atoms with Crippen LogP contribution in [0.15, 0.2) is 24.5 Å². The highest BCUT2D eigenvalue weighted by Gasteiger charge is 2.11. The van der Waals surface area contributed by atoms with Crippen LogP contribution in [0.25, 0.3) is 10.6 Å². The standard InChI is InChI=1S/C16H16ClN3OS2/c1-3-12-6-11(4-5-18-12)15-20-10(2)14(23-15)9-21-8-13-7-19-16(17)22-13/h4-7H,3,8-9H2,1-2H3. The lowest BCUT2D eigenvalue weighted by Gasteiger charge is -2.00. The average Bonchev–Trinajstić information content (AvgIpc) is 3.14. The highest BCUT2D eigenvalue weighted by molar-refractivity contribution is 7.15. The maximum Gasteiger partial charge on any atom is 0.183 e. The summed E-state index contributed by atoms with van der Waals surface area (Å²) in [6, 6.07) is 4.10. The van der Waals surface area contributed by atoms with Gasteiger partial charge in [-0.3, -0.25) is 4.98 Å². The summed E-state index contributed by atoms with van der Waals surface area (Å²) in [6.45, 7) is 5.19. The molecule has 3 aromatic rings. The molecule has 4 nitrogen and oxygen atoms in total. The molecule has 0 unspecified atom stereocenters. The zero-order chi connectivity index (χ0) is 16.2. The number of pyridine rings is 1. The van der Waals surface area contributed by atoms with Gasteiger partial charge in [-0.05, 0) is 25.5 Å². The van der Waals surface area contributed by atoms with Crippen molar-refractivity contribution in [1.82, 2.24) is 15.0 Å². The van der Waals surface area contributed by atoms with Crippen LogP contribution < -0.4 is 0 Å². The Morgan fingerprint density at radius 1 is 1.22 bits per heavy atom. The van der Waals surface area contributed by atoms with Crippen molar-refractivity contribution in [3.05, 3.63) is 50.1 Å². The molecule has 3 heterocycles. The first-order valence-corrected chi connectivity index (χ1v) is 9.26. The highest BCUT2D eigenvalue weighted by Crippen LogP contribution is 2.29. The van der Waals surface area contributed by atoms with Gasteiger partial charge in [0.05, 0.1) is 28.7 Å². The molecule has 120 valence electrons. The van der Waals surface area contributed by atoms with Gasteiger partial charge in [0, 0.05) is 23.7 Å². The first-order valence-electron chi connectivity index (χ1n) is 7.25. The molecule has 7 heteroatoms. The van der Waals surface area contributed by atoms with Crippen LogP contribution in [0.1, 0.15) is 28.1 Å². The van der Waals surface area contributed by atoms with Gasteiger partial charge in [-0.1, -0.05) is 18.5 Å². The van der Waals surface area contributed by atoms with Crippen molar-refractivity contribution in [2.24, 2.45) is 0 Å². The van der Waals surface area contributed by atoms with Crippen LogP contribution in [0.3, 0.4) is 0 Å². The summed E-state index contributed by atoms with van der Waals surface area (Å²) in [5.74, 6) is 0. The Hall–Kier alpha value is -1.34. The molecule has 0 aliphatic carbocycles. The normalized spacial score (nSPS) is 11.1. The molecule has 0 amide bonds. The average molecular weight is 366 g/mol. The third-order valence-electron chi connectivity index (χ3n) is 3.32. The maximum absolute atomic E-state index is 5.82. The summed E-state index contributed by atoms with van der Waals surface area (Å²) in [7, 11) is 0. The monoisotopic (exact) mass is 365 g/mol. The second-order valence-corrected chi connectivity index (χ2v) is 7.77. The molecule has 23 heavy (non-hydrogen) atoms. The number of rotatable bonds is 6. The topological polar surface area (TPSA) is 47.9 Å². The van der Waals surface area contributed by atoms with E-state index in [0.29, 0.717) is 17.7 Å². The molecule has 0 atom stereocenters. The minimum atomic E-state index is 0.520. The zero-order valence-corrected chi connectivity index (χ0v) is 15.3. The van der Waals surface area contributed by atoms with E-state index in [0.717, 1.165) is 38.1 Å². The van der Waals surface area contributed by atoms with Gasteiger partial charge in [0.1, 0.15) is 5.01 Å². The van der Waals surface area contributed by atoms with Gasteiger partial charge in [-0.2, -0.15) is 0 Å². The van der Waals surface area contributed by atoms with Crippen LogP contribution in [0.4, 0.5) is 0 Å². The molecule has 0 aliphatic rings. The third kappa shape index (κ3) is 4.14. The molecule has 3 rings (SSSR count). The predicted octanol–water partition coefficient (Wildman–Crippen LogP) is 4.90. The van der Waals surface area contributed by atoms with Crippen molar-refractivity contribution in [1.29, 1.82) is 0 Å². The molecule has 0 fully saturated rings. The second-order valence-electron chi connectivity index (χ2n) is 4.99. The van der Waals surface area contributed by atoms with Gasteiger partial charge in [0.15, 0.2) is 4.47 Å². The Morgan fingerprint density at radius 3 is 2.83 bits per heavy atom. The van der Waals surface area contributed by atoms with Crippen molar-refractivity contribution in [2.75, 3.05) is 0 Å². The lowest BCUT2D eigenvalue weighted by atomic mass is 10.2. The largest absolute Gasteiger partial charge is 0.370 e. The number of ether oxygens (including phenoxy) is 1. The lowest BCUT2D eigenvalue weighted by molar-refractivity contribution is 0.110. The molecule has 0 N–H and O–H groups in total. The molecule has 0 aromatic carbocycles. The number of thiazole rings is 2. The summed E-state index contributed by atoms with van der Waals surface area (Å²) in [4.78, 5) is 15.2. The van der Waals surface area contributed by atoms with Gasteiger partial charge >= 0.3 is 0 Å². The van der Waals surface area contributed by atoms with Crippen LogP contribution in [0.2, 0.25) is 4.47 Å². The Morgan fingerprint density at radius 2 is 2.09 bits per heavy atom. The van der Waals surface area contributed by atoms with Crippen LogP contribution >= 0.6 is 34.3 Å². The highest BCUT2D eigenvalue weighted by atomic mass is 35.5. The van der Waals surface area contributed by atoms with E-state index in [-0.39, 0.29) is 0 Å². The molecular weight excluding hydrogens is 350 g/mol. The zero-order valence-electron chi connectivity index (χ0n) is 12.9. The molecule has 0 spiro atoms. The SMILES string of the molecule is CCc1cc(-c2nc(C)c(COCc3cnc(Cl)s3)s2)ccn1. The molecule has 0 saturated carbocycles. The molecule has 0 saturated heterocycles. The van der Waals surface area contributed by atoms with E-state index in [9.17, 15) is 0 Å². The summed E-state index contributed by atoms with van der Waals surface area (Å²) in [5, 5.41) is 1.01. The van der Waals surface area contributed by atoms with E-state index < -0.39 is 0 Å². The van der Waals surface area contributed by atoms with E-state index in [2.05, 4.69) is 27.9 Å². The number of aromatic nitrogens is 3. The second kappa shape index (κ2) is 7.49. The molecule has 0 bridgehead atoms. The molecule has 3 aromatic heterocycles. The maximum atomic E-state index is 5.82. The Kier molecular flexibility index (Phi) is 5.38. The summed E-state index contributed by atoms with van der Waals surface area (Å²) in [5.41, 5.74) is 3.21. The molecule has 0 aliphatic heterocycles. The van der Waals surface area contributed by atoms with E-state index in [1.807, 2.05) is 19.2 Å². The number of hydrogen-bond donors (Lipinski definition) is 0. The van der Waals surface area contributed by atoms with Gasteiger partial charge in [-0.25, -0.2) is 9.97 Å². The third-order valence-corrected chi connectivity index (χ3v) is 5.59. The fraction of sp³-hybridized carbons (Fsp3) is 0.312. The van der Waals surface area contributed by atoms with Crippen molar-refractivity contribution < 1.29 is 4.74 Å². The fourth-order valence-electron chi connectivity index (χ4n) is 2.08. The minimum Gasteiger partial charge on any atom is -0.370 e. The van der Waals surface area contributed by atoms with Crippen molar-refractivity contribution in [3.63, 3.8) is 0 Å². The van der Waals surface area contributed by atoms with Crippen LogP contribution in [0.5, 0.6) is 0 Å². The van der Waals surface area contributed by atoms with Crippen molar-refractivity contribution in [3.8, 4) is 10.6 Å². The summed E-state index contributed by atoms with van der Waals surface area (Å²) in [6.07, 6.45) is 4.52. The Labute approximate surface area is 148 Å². The van der Waals surface area contributed by atoms with Crippen LogP contribution in [-0.4, -0.2) is 15.0 Å². The molecular formula is C16H16ClN3OS2. The van der Waals surface area contributed by atoms with E-state index in [4.69, 9.17) is 16.3 Å². The predicted molar refractivity (Wildman–Crippen MR) is 95.1 cm³/mol. The minimum absolute atomic E-state index is 0.520. The van der Waals surface area contributed by atoms with Gasteiger partial charge in [-0.15, -0.1) is 22.7 Å². The summed E-state index contributed by atoms with van der Waals surface area (Å²) >= 11 is 8.93. The Bertz CT molecular complexity index is 800. The Balaban J connectivity index is 1.68. The van der Waals surface area contributed by atoms with Crippen molar-refractivity contribution >= 4 is 34.3 Å². The van der Waals surface area contributed by atoms with Gasteiger partial charge in [0.25, 0.3) is 0 Å². The van der Waals surface area contributed by atoms with E-state index in [1.54, 1.807) is 17.5 Å². The fourth-order valence-corrected chi connectivity index (χ4v) is 4.00. The van der Waals surface area contributed by atoms with Crippen molar-refractivity contribution in [2.45, 2.75) is 33.5 Å². The number of aryl methyl sites for hydroxylation is 2. The number of halogens is 1. The van der Waals surface area contributed by atoms with E-state index >= 15 is 0 Å². The number of hydrogen-bond acceptors (Lipinski definition) is 6. The number of nitrogens with zero attached hydrogens (tertiary/aromatic N) is 3. The first kappa shape index (κ1) is 16.5. The quantitative estimate of drug-likeness (QED) is 0.623. The van der Waals surface area contributed by atoms with Gasteiger partial charge < -0.3 is 4.74 Å². The van der Waals surface area contributed by atoms with Gasteiger partial charge in [0.2, 0.25) is 0 Å². The van der Waals surface area contributed by atoms with E-state index in [1.165, 1.54) is 11.3 Å². The van der Waals surface area contributed by atoms with Crippen LogP contribution in [0, 0.1) is 6.92 Å². The molecule has 0 radical (unpaired) electrons. The summed E-state index contributed by atoms with van der Waals surface area (Å²) < 4.78 is 6.31. The smallest absolute Gasteiger partial charge is 0.183 e.